The Hall–Kier alpha value is -0.770. The Morgan fingerprint density at radius 3 is 2.55 bits per heavy atom. The third-order valence-electron chi connectivity index (χ3n) is 3.92. The Morgan fingerprint density at radius 2 is 2.00 bits per heavy atom. The Labute approximate surface area is 129 Å². The van der Waals surface area contributed by atoms with Gasteiger partial charge in [-0.15, -0.1) is 0 Å². The maximum Gasteiger partial charge on any atom is 0.223 e. The Bertz CT molecular complexity index is 517. The molecule has 0 aliphatic heterocycles. The molecule has 0 aromatic heterocycles. The molecule has 1 aliphatic carbocycles. The van der Waals surface area contributed by atoms with Gasteiger partial charge in [0.1, 0.15) is 0 Å². The highest BCUT2D eigenvalue weighted by Crippen LogP contribution is 2.30. The van der Waals surface area contributed by atoms with Gasteiger partial charge in [0.05, 0.1) is 15.6 Å². The van der Waals surface area contributed by atoms with Crippen molar-refractivity contribution in [2.24, 2.45) is 11.7 Å². The van der Waals surface area contributed by atoms with Gasteiger partial charge in [-0.2, -0.15) is 0 Å². The Kier molecular flexibility index (Phi) is 4.62. The third-order valence-corrected chi connectivity index (χ3v) is 4.66. The second-order valence-electron chi connectivity index (χ2n) is 6.01. The van der Waals surface area contributed by atoms with E-state index in [1.807, 2.05) is 19.9 Å². The normalized spacial score (nSPS) is 22.9. The second-order valence-corrected chi connectivity index (χ2v) is 6.83. The molecule has 1 amide bonds. The highest BCUT2D eigenvalue weighted by Gasteiger charge is 2.31. The SMILES string of the molecule is CC(C)(NC(=O)C1CCC(N)C1)c1ccc(Cl)c(Cl)c1. The van der Waals surface area contributed by atoms with Crippen LogP contribution < -0.4 is 11.1 Å². The maximum atomic E-state index is 12.3. The maximum absolute atomic E-state index is 12.3. The molecule has 20 heavy (non-hydrogen) atoms. The van der Waals surface area contributed by atoms with E-state index in [9.17, 15) is 4.79 Å². The summed E-state index contributed by atoms with van der Waals surface area (Å²) in [6, 6.07) is 5.58. The van der Waals surface area contributed by atoms with Gasteiger partial charge in [0.2, 0.25) is 5.91 Å². The second kappa shape index (κ2) is 5.92. The molecule has 1 aromatic rings. The topological polar surface area (TPSA) is 55.1 Å². The number of nitrogens with one attached hydrogen (secondary N) is 1. The minimum absolute atomic E-state index is 0.0204. The van der Waals surface area contributed by atoms with E-state index in [1.54, 1.807) is 12.1 Å². The molecule has 1 aromatic carbocycles. The van der Waals surface area contributed by atoms with Crippen LogP contribution in [0.25, 0.3) is 0 Å². The summed E-state index contributed by atoms with van der Waals surface area (Å²) in [6.07, 6.45) is 2.55. The van der Waals surface area contributed by atoms with E-state index in [4.69, 9.17) is 28.9 Å². The summed E-state index contributed by atoms with van der Waals surface area (Å²) in [5.41, 5.74) is 6.31. The molecule has 0 bridgehead atoms. The molecule has 0 radical (unpaired) electrons. The van der Waals surface area contributed by atoms with E-state index < -0.39 is 5.54 Å². The first-order valence-corrected chi connectivity index (χ1v) is 7.58. The van der Waals surface area contributed by atoms with Crippen LogP contribution in [0, 0.1) is 5.92 Å². The highest BCUT2D eigenvalue weighted by atomic mass is 35.5. The molecular formula is C15H20Cl2N2O. The summed E-state index contributed by atoms with van der Waals surface area (Å²) in [7, 11) is 0. The number of nitrogens with two attached hydrogens (primary N) is 1. The molecule has 3 N–H and O–H groups in total. The van der Waals surface area contributed by atoms with Gasteiger partial charge >= 0.3 is 0 Å². The molecule has 0 spiro atoms. The molecule has 1 fully saturated rings. The lowest BCUT2D eigenvalue weighted by atomic mass is 9.93. The molecule has 1 saturated carbocycles. The predicted molar refractivity (Wildman–Crippen MR) is 82.9 cm³/mol. The number of benzene rings is 1. The number of carbonyl (C=O) groups is 1. The fraction of sp³-hybridized carbons (Fsp3) is 0.533. The van der Waals surface area contributed by atoms with Crippen molar-refractivity contribution in [1.82, 2.24) is 5.32 Å². The van der Waals surface area contributed by atoms with Crippen LogP contribution >= 0.6 is 23.2 Å². The van der Waals surface area contributed by atoms with Crippen LogP contribution in [-0.4, -0.2) is 11.9 Å². The van der Waals surface area contributed by atoms with Crippen molar-refractivity contribution in [2.75, 3.05) is 0 Å². The summed E-state index contributed by atoms with van der Waals surface area (Å²) in [6.45, 7) is 3.92. The van der Waals surface area contributed by atoms with Gasteiger partial charge in [0, 0.05) is 12.0 Å². The lowest BCUT2D eigenvalue weighted by molar-refractivity contribution is -0.126. The van der Waals surface area contributed by atoms with Crippen LogP contribution in [-0.2, 0) is 10.3 Å². The van der Waals surface area contributed by atoms with Crippen LogP contribution in [0.3, 0.4) is 0 Å². The molecule has 1 aliphatic rings. The minimum Gasteiger partial charge on any atom is -0.347 e. The Balaban J connectivity index is 2.10. The van der Waals surface area contributed by atoms with Gasteiger partial charge in [0.15, 0.2) is 0 Å². The van der Waals surface area contributed by atoms with Gasteiger partial charge in [-0.05, 0) is 50.8 Å². The third kappa shape index (κ3) is 3.46. The largest absolute Gasteiger partial charge is 0.347 e. The van der Waals surface area contributed by atoms with Crippen LogP contribution in [0.1, 0.15) is 38.7 Å². The van der Waals surface area contributed by atoms with Crippen molar-refractivity contribution in [3.63, 3.8) is 0 Å². The number of halogens is 2. The average molecular weight is 315 g/mol. The Morgan fingerprint density at radius 1 is 1.30 bits per heavy atom. The van der Waals surface area contributed by atoms with Crippen molar-refractivity contribution in [3.05, 3.63) is 33.8 Å². The number of hydrogen-bond donors (Lipinski definition) is 2. The number of hydrogen-bond acceptors (Lipinski definition) is 2. The molecular weight excluding hydrogens is 295 g/mol. The van der Waals surface area contributed by atoms with Crippen molar-refractivity contribution >= 4 is 29.1 Å². The van der Waals surface area contributed by atoms with Crippen molar-refractivity contribution in [3.8, 4) is 0 Å². The first kappa shape index (κ1) is 15.6. The van der Waals surface area contributed by atoms with Gasteiger partial charge in [-0.3, -0.25) is 4.79 Å². The average Bonchev–Trinajstić information content (AvgIpc) is 2.79. The van der Waals surface area contributed by atoms with Crippen LogP contribution in [0.5, 0.6) is 0 Å². The predicted octanol–water partition coefficient (Wildman–Crippen LogP) is 3.47. The highest BCUT2D eigenvalue weighted by molar-refractivity contribution is 6.42. The minimum atomic E-state index is -0.488. The van der Waals surface area contributed by atoms with Gasteiger partial charge < -0.3 is 11.1 Å². The fourth-order valence-electron chi connectivity index (χ4n) is 2.62. The van der Waals surface area contributed by atoms with E-state index >= 15 is 0 Å². The monoisotopic (exact) mass is 314 g/mol. The first-order valence-electron chi connectivity index (χ1n) is 6.83. The van der Waals surface area contributed by atoms with Crippen molar-refractivity contribution in [1.29, 1.82) is 0 Å². The van der Waals surface area contributed by atoms with E-state index in [2.05, 4.69) is 5.32 Å². The number of rotatable bonds is 3. The summed E-state index contributed by atoms with van der Waals surface area (Å²) in [5.74, 6) is 0.0843. The van der Waals surface area contributed by atoms with E-state index in [-0.39, 0.29) is 17.9 Å². The molecule has 2 rings (SSSR count). The van der Waals surface area contributed by atoms with E-state index in [0.717, 1.165) is 24.8 Å². The number of amides is 1. The van der Waals surface area contributed by atoms with Gasteiger partial charge in [-0.25, -0.2) is 0 Å². The van der Waals surface area contributed by atoms with Crippen LogP contribution in [0.15, 0.2) is 18.2 Å². The van der Waals surface area contributed by atoms with Crippen LogP contribution in [0.4, 0.5) is 0 Å². The molecule has 0 heterocycles. The standard InChI is InChI=1S/C15H20Cl2N2O/c1-15(2,10-4-6-12(16)13(17)8-10)19-14(20)9-3-5-11(18)7-9/h4,6,8-9,11H,3,5,7,18H2,1-2H3,(H,19,20). The molecule has 0 saturated heterocycles. The zero-order valence-corrected chi connectivity index (χ0v) is 13.3. The molecule has 5 heteroatoms. The fourth-order valence-corrected chi connectivity index (χ4v) is 2.92. The van der Waals surface area contributed by atoms with E-state index in [1.165, 1.54) is 0 Å². The van der Waals surface area contributed by atoms with Crippen LogP contribution in [0.2, 0.25) is 10.0 Å². The van der Waals surface area contributed by atoms with Crippen molar-refractivity contribution in [2.45, 2.75) is 44.7 Å². The van der Waals surface area contributed by atoms with Crippen molar-refractivity contribution < 1.29 is 4.79 Å². The zero-order chi connectivity index (χ0) is 14.9. The number of carbonyl (C=O) groups excluding carboxylic acids is 1. The van der Waals surface area contributed by atoms with E-state index in [0.29, 0.717) is 10.0 Å². The molecule has 2 atom stereocenters. The first-order chi connectivity index (χ1) is 9.29. The lowest BCUT2D eigenvalue weighted by Gasteiger charge is -2.29. The lowest BCUT2D eigenvalue weighted by Crippen LogP contribution is -2.43. The summed E-state index contributed by atoms with van der Waals surface area (Å²) in [5, 5.41) is 4.09. The van der Waals surface area contributed by atoms with Gasteiger partial charge in [0.25, 0.3) is 0 Å². The smallest absolute Gasteiger partial charge is 0.223 e. The summed E-state index contributed by atoms with van der Waals surface area (Å²) < 4.78 is 0. The summed E-state index contributed by atoms with van der Waals surface area (Å²) >= 11 is 12.0. The quantitative estimate of drug-likeness (QED) is 0.897. The molecule has 2 unspecified atom stereocenters. The molecule has 110 valence electrons. The summed E-state index contributed by atoms with van der Waals surface area (Å²) in [4.78, 5) is 12.3. The van der Waals surface area contributed by atoms with Gasteiger partial charge in [-0.1, -0.05) is 29.3 Å². The zero-order valence-electron chi connectivity index (χ0n) is 11.7. The molecule has 3 nitrogen and oxygen atoms in total.